The summed E-state index contributed by atoms with van der Waals surface area (Å²) in [6, 6.07) is -1.83. The van der Waals surface area contributed by atoms with Gasteiger partial charge >= 0.3 is 0 Å². The minimum atomic E-state index is -4.82. The molecule has 0 spiro atoms. The normalized spacial score (nSPS) is 18.5. The van der Waals surface area contributed by atoms with Crippen LogP contribution in [0.25, 0.3) is 0 Å². The Morgan fingerprint density at radius 1 is 0.587 bits per heavy atom. The number of Topliss-reactive ketones (excluding diaryl/α,β-unsaturated/α-hetero) is 5. The fraction of sp³-hybridized carbons (Fsp3) is 0.778. The minimum absolute atomic E-state index is 0.0263. The largest absolute Gasteiger partial charge is 0.344 e. The lowest BCUT2D eigenvalue weighted by Crippen LogP contribution is -2.52. The monoisotopic (exact) mass is 697 g/mol. The number of hydrogen-bond acceptors (Lipinski definition) is 14. The molecule has 17 nitrogen and oxygen atoms in total. The Morgan fingerprint density at radius 2 is 0.913 bits per heavy atom. The summed E-state index contributed by atoms with van der Waals surface area (Å²) in [5, 5.41) is 2.26. The van der Waals surface area contributed by atoms with Crippen molar-refractivity contribution in [2.75, 3.05) is 90.0 Å². The van der Waals surface area contributed by atoms with Crippen LogP contribution < -0.4 is 5.32 Å². The van der Waals surface area contributed by atoms with Crippen LogP contribution in [0.1, 0.15) is 34.1 Å². The number of amides is 1. The third kappa shape index (κ3) is 19.2. The van der Waals surface area contributed by atoms with Gasteiger partial charge in [-0.1, -0.05) is 0 Å². The molecule has 1 amide bonds. The maximum Gasteiger partial charge on any atom is 0.267 e. The Bertz CT molecular complexity index is 1290. The van der Waals surface area contributed by atoms with Crippen molar-refractivity contribution in [2.24, 2.45) is 5.92 Å². The molecule has 1 aliphatic rings. The van der Waals surface area contributed by atoms with Crippen LogP contribution in [-0.4, -0.2) is 176 Å². The van der Waals surface area contributed by atoms with Gasteiger partial charge in [-0.2, -0.15) is 16.8 Å². The second kappa shape index (κ2) is 19.3. The molecule has 2 atom stereocenters. The van der Waals surface area contributed by atoms with E-state index in [1.54, 1.807) is 4.90 Å². The molecule has 264 valence electrons. The highest BCUT2D eigenvalue weighted by atomic mass is 32.2. The van der Waals surface area contributed by atoms with E-state index < -0.39 is 67.6 Å². The van der Waals surface area contributed by atoms with Gasteiger partial charge in [-0.25, -0.2) is 0 Å². The van der Waals surface area contributed by atoms with Crippen molar-refractivity contribution in [3.63, 3.8) is 0 Å². The van der Waals surface area contributed by atoms with E-state index >= 15 is 0 Å². The van der Waals surface area contributed by atoms with Crippen LogP contribution in [0.3, 0.4) is 0 Å². The van der Waals surface area contributed by atoms with Gasteiger partial charge in [-0.15, -0.1) is 0 Å². The number of nitrogens with zero attached hydrogens (tertiary/aromatic N) is 4. The number of carbonyl (C=O) groups is 6. The van der Waals surface area contributed by atoms with Crippen LogP contribution in [0, 0.1) is 5.92 Å². The lowest BCUT2D eigenvalue weighted by atomic mass is 9.97. The lowest BCUT2D eigenvalue weighted by molar-refractivity contribution is -0.130. The summed E-state index contributed by atoms with van der Waals surface area (Å²) in [6.07, 6.45) is -0.819. The molecule has 0 aromatic heterocycles. The predicted molar refractivity (Wildman–Crippen MR) is 166 cm³/mol. The van der Waals surface area contributed by atoms with Gasteiger partial charge in [0.2, 0.25) is 5.91 Å². The van der Waals surface area contributed by atoms with Crippen LogP contribution in [0.4, 0.5) is 0 Å². The lowest BCUT2D eigenvalue weighted by Gasteiger charge is -2.33. The molecule has 0 unspecified atom stereocenters. The van der Waals surface area contributed by atoms with E-state index in [1.807, 2.05) is 14.7 Å². The smallest absolute Gasteiger partial charge is 0.267 e. The Labute approximate surface area is 270 Å². The summed E-state index contributed by atoms with van der Waals surface area (Å²) >= 11 is 0. The summed E-state index contributed by atoms with van der Waals surface area (Å²) in [7, 11) is -9.49. The van der Waals surface area contributed by atoms with E-state index in [0.29, 0.717) is 39.3 Å². The summed E-state index contributed by atoms with van der Waals surface area (Å²) < 4.78 is 64.5. The average Bonchev–Trinajstić information content (AvgIpc) is 2.86. The van der Waals surface area contributed by atoms with Crippen LogP contribution in [0.5, 0.6) is 0 Å². The third-order valence-corrected chi connectivity index (χ3v) is 8.75. The van der Waals surface area contributed by atoms with Crippen LogP contribution in [-0.2, 0) is 49.0 Å². The zero-order valence-electron chi connectivity index (χ0n) is 26.8. The van der Waals surface area contributed by atoms with E-state index in [1.165, 1.54) is 20.8 Å². The molecule has 1 fully saturated rings. The zero-order chi connectivity index (χ0) is 35.2. The van der Waals surface area contributed by atoms with Crippen molar-refractivity contribution in [3.8, 4) is 0 Å². The van der Waals surface area contributed by atoms with Gasteiger partial charge in [0.1, 0.15) is 34.9 Å². The maximum atomic E-state index is 13.1. The van der Waals surface area contributed by atoms with Crippen molar-refractivity contribution in [1.29, 1.82) is 0 Å². The third-order valence-electron chi connectivity index (χ3n) is 7.17. The van der Waals surface area contributed by atoms with E-state index in [2.05, 4.69) is 5.32 Å². The molecule has 0 aromatic carbocycles. The van der Waals surface area contributed by atoms with E-state index in [-0.39, 0.29) is 56.6 Å². The topological polar surface area (TPSA) is 236 Å². The summed E-state index contributed by atoms with van der Waals surface area (Å²) in [5.74, 6) is -6.66. The first-order valence-corrected chi connectivity index (χ1v) is 18.0. The first-order valence-electron chi connectivity index (χ1n) is 14.7. The molecule has 3 N–H and O–H groups in total. The number of carbonyl (C=O) groups excluding carboxylic acids is 6. The predicted octanol–water partition coefficient (Wildman–Crippen LogP) is -2.60. The molecule has 19 heteroatoms. The summed E-state index contributed by atoms with van der Waals surface area (Å²) in [6.45, 7) is 8.42. The Morgan fingerprint density at radius 3 is 1.20 bits per heavy atom. The zero-order valence-corrected chi connectivity index (χ0v) is 28.5. The molecule has 1 saturated heterocycles. The molecule has 1 heterocycles. The number of hydrogen-bond donors (Lipinski definition) is 3. The van der Waals surface area contributed by atoms with Gasteiger partial charge < -0.3 is 5.32 Å². The van der Waals surface area contributed by atoms with E-state index in [4.69, 9.17) is 4.55 Å². The molecule has 0 saturated carbocycles. The molecule has 1 aliphatic heterocycles. The van der Waals surface area contributed by atoms with Crippen molar-refractivity contribution >= 4 is 55.1 Å². The molecule has 0 radical (unpaired) electrons. The fourth-order valence-electron chi connectivity index (χ4n) is 4.98. The summed E-state index contributed by atoms with van der Waals surface area (Å²) in [4.78, 5) is 81.1. The number of nitrogens with one attached hydrogen (secondary N) is 1. The quantitative estimate of drug-likeness (QED) is 0.132. The Hall–Kier alpha value is -2.52. The second-order valence-corrected chi connectivity index (χ2v) is 14.8. The van der Waals surface area contributed by atoms with E-state index in [9.17, 15) is 50.2 Å². The van der Waals surface area contributed by atoms with Crippen molar-refractivity contribution in [3.05, 3.63) is 0 Å². The molecular weight excluding hydrogens is 650 g/mol. The molecule has 0 aromatic rings. The fourth-order valence-corrected chi connectivity index (χ4v) is 6.54. The molecule has 46 heavy (non-hydrogen) atoms. The van der Waals surface area contributed by atoms with Crippen molar-refractivity contribution in [1.82, 2.24) is 24.9 Å². The first kappa shape index (κ1) is 41.5. The standard InChI is InChI=1S/C27H47N5O12S2/c1-20(33)14-29-5-7-30(15-21(2)34)9-11-32(12-10-31(8-6-29)16-22(3)35)17-27(38)28-25(19-46(42,43)44)26(37)13-24(23(4)36)18-45(39,40)41/h24-25H,5-19H2,1-4H3,(H,28,38)(H,39,40,41)(H,42,43,44)/t24-,25-/m0/s1. The van der Waals surface area contributed by atoms with Crippen LogP contribution >= 0.6 is 0 Å². The van der Waals surface area contributed by atoms with Gasteiger partial charge in [0, 0.05) is 64.7 Å². The highest BCUT2D eigenvalue weighted by Crippen LogP contribution is 2.12. The summed E-state index contributed by atoms with van der Waals surface area (Å²) in [5.41, 5.74) is 0. The minimum Gasteiger partial charge on any atom is -0.344 e. The SMILES string of the molecule is CC(=O)CN1CCN(CC(C)=O)CCN(CC(=O)N[C@@H](CS(=O)(=O)O)C(=O)C[C@@H](CS(=O)(=O)O)C(C)=O)CCN(CC(C)=O)CC1. The van der Waals surface area contributed by atoms with Gasteiger partial charge in [0.05, 0.1) is 31.9 Å². The molecular formula is C27H47N5O12S2. The molecule has 1 rings (SSSR count). The molecule has 0 aliphatic carbocycles. The van der Waals surface area contributed by atoms with E-state index in [0.717, 1.165) is 6.92 Å². The Kier molecular flexibility index (Phi) is 17.4. The van der Waals surface area contributed by atoms with Gasteiger partial charge in [0.15, 0.2) is 5.78 Å². The Balaban J connectivity index is 3.19. The first-order chi connectivity index (χ1) is 21.1. The van der Waals surface area contributed by atoms with Gasteiger partial charge in [-0.3, -0.25) is 57.5 Å². The number of rotatable bonds is 17. The maximum absolute atomic E-state index is 13.1. The average molecular weight is 698 g/mol. The van der Waals surface area contributed by atoms with Crippen LogP contribution in [0.15, 0.2) is 0 Å². The van der Waals surface area contributed by atoms with Crippen LogP contribution in [0.2, 0.25) is 0 Å². The highest BCUT2D eigenvalue weighted by molar-refractivity contribution is 7.86. The number of ketones is 5. The van der Waals surface area contributed by atoms with Gasteiger partial charge in [-0.05, 0) is 27.7 Å². The van der Waals surface area contributed by atoms with Gasteiger partial charge in [0.25, 0.3) is 20.2 Å². The van der Waals surface area contributed by atoms with Crippen molar-refractivity contribution in [2.45, 2.75) is 40.2 Å². The van der Waals surface area contributed by atoms with Crippen molar-refractivity contribution < 1.29 is 54.7 Å². The highest BCUT2D eigenvalue weighted by Gasteiger charge is 2.32. The molecule has 0 bridgehead atoms. The second-order valence-electron chi connectivity index (χ2n) is 11.8.